The molecular weight excluding hydrogens is 542 g/mol. The van der Waals surface area contributed by atoms with E-state index in [1.165, 1.54) is 4.90 Å². The van der Waals surface area contributed by atoms with Crippen LogP contribution in [0.3, 0.4) is 0 Å². The zero-order chi connectivity index (χ0) is 30.2. The molecule has 9 nitrogen and oxygen atoms in total. The maximum absolute atomic E-state index is 13.9. The smallest absolute Gasteiger partial charge is 0.244 e. The molecule has 0 aliphatic rings. The summed E-state index contributed by atoms with van der Waals surface area (Å²) in [7, 11) is -2.31. The normalized spacial score (nSPS) is 12.2. The summed E-state index contributed by atoms with van der Waals surface area (Å²) >= 11 is 0. The van der Waals surface area contributed by atoms with Crippen LogP contribution in [0.5, 0.6) is 17.2 Å². The van der Waals surface area contributed by atoms with Crippen molar-refractivity contribution in [1.29, 1.82) is 0 Å². The molecule has 3 aromatic rings. The number of para-hydroxylation sites is 1. The SMILES string of the molecule is CCC(C(=O)NC(C)(C)C)N(Cc1cccc(OC)c1)C(=O)CN(c1ccc(Oc2ccccc2)cc1)S(C)(=O)=O. The number of hydrogen-bond donors (Lipinski definition) is 1. The van der Waals surface area contributed by atoms with Gasteiger partial charge in [0.25, 0.3) is 0 Å². The molecule has 0 fully saturated rings. The fraction of sp³-hybridized carbons (Fsp3) is 0.355. The average Bonchev–Trinajstić information content (AvgIpc) is 2.91. The van der Waals surface area contributed by atoms with Crippen LogP contribution in [-0.2, 0) is 26.2 Å². The molecule has 41 heavy (non-hydrogen) atoms. The summed E-state index contributed by atoms with van der Waals surface area (Å²) in [6.45, 7) is 7.01. The minimum Gasteiger partial charge on any atom is -0.497 e. The van der Waals surface area contributed by atoms with Gasteiger partial charge in [-0.15, -0.1) is 0 Å². The third kappa shape index (κ3) is 9.24. The summed E-state index contributed by atoms with van der Waals surface area (Å²) in [5.74, 6) is 0.938. The molecule has 1 atom stereocenters. The van der Waals surface area contributed by atoms with Crippen LogP contribution in [-0.4, -0.2) is 56.6 Å². The molecule has 0 radical (unpaired) electrons. The van der Waals surface area contributed by atoms with Crippen molar-refractivity contribution in [2.24, 2.45) is 0 Å². The highest BCUT2D eigenvalue weighted by Gasteiger charge is 2.33. The molecule has 10 heteroatoms. The van der Waals surface area contributed by atoms with Crippen LogP contribution < -0.4 is 19.1 Å². The number of sulfonamides is 1. The number of carbonyl (C=O) groups excluding carboxylic acids is 2. The molecule has 0 spiro atoms. The van der Waals surface area contributed by atoms with E-state index in [0.29, 0.717) is 29.4 Å². The summed E-state index contributed by atoms with van der Waals surface area (Å²) in [5.41, 5.74) is 0.528. The molecule has 0 saturated heterocycles. The molecule has 0 saturated carbocycles. The molecule has 1 N–H and O–H groups in total. The molecule has 0 aliphatic carbocycles. The number of anilines is 1. The van der Waals surface area contributed by atoms with Crippen molar-refractivity contribution >= 4 is 27.5 Å². The van der Waals surface area contributed by atoms with Crippen LogP contribution >= 0.6 is 0 Å². The summed E-state index contributed by atoms with van der Waals surface area (Å²) in [5, 5.41) is 2.95. The highest BCUT2D eigenvalue weighted by Crippen LogP contribution is 2.26. The molecule has 0 bridgehead atoms. The van der Waals surface area contributed by atoms with Gasteiger partial charge in [0.05, 0.1) is 19.1 Å². The van der Waals surface area contributed by atoms with Crippen molar-refractivity contribution in [3.63, 3.8) is 0 Å². The molecule has 0 heterocycles. The fourth-order valence-electron chi connectivity index (χ4n) is 4.26. The molecular formula is C31H39N3O6S. The monoisotopic (exact) mass is 581 g/mol. The lowest BCUT2D eigenvalue weighted by molar-refractivity contribution is -0.141. The highest BCUT2D eigenvalue weighted by atomic mass is 32.2. The number of nitrogens with one attached hydrogen (secondary N) is 1. The number of rotatable bonds is 12. The Hall–Kier alpha value is -4.05. The van der Waals surface area contributed by atoms with Gasteiger partial charge in [0.2, 0.25) is 21.8 Å². The van der Waals surface area contributed by atoms with Crippen molar-refractivity contribution in [2.75, 3.05) is 24.2 Å². The Morgan fingerprint density at radius 2 is 1.51 bits per heavy atom. The molecule has 3 aromatic carbocycles. The fourth-order valence-corrected chi connectivity index (χ4v) is 5.11. The largest absolute Gasteiger partial charge is 0.497 e. The number of nitrogens with zero attached hydrogens (tertiary/aromatic N) is 2. The van der Waals surface area contributed by atoms with Gasteiger partial charge < -0.3 is 19.7 Å². The number of methoxy groups -OCH3 is 1. The van der Waals surface area contributed by atoms with Gasteiger partial charge in [-0.05, 0) is 81.3 Å². The van der Waals surface area contributed by atoms with E-state index in [9.17, 15) is 18.0 Å². The van der Waals surface area contributed by atoms with Gasteiger partial charge in [0.15, 0.2) is 0 Å². The number of benzene rings is 3. The first-order chi connectivity index (χ1) is 19.3. The van der Waals surface area contributed by atoms with E-state index in [1.54, 1.807) is 49.6 Å². The van der Waals surface area contributed by atoms with Crippen molar-refractivity contribution in [2.45, 2.75) is 52.2 Å². The maximum Gasteiger partial charge on any atom is 0.244 e. The van der Waals surface area contributed by atoms with E-state index < -0.39 is 34.1 Å². The Kier molecular flexibility index (Phi) is 10.4. The molecule has 0 aliphatic heterocycles. The zero-order valence-electron chi connectivity index (χ0n) is 24.5. The summed E-state index contributed by atoms with van der Waals surface area (Å²) in [6.07, 6.45) is 1.38. The third-order valence-electron chi connectivity index (χ3n) is 6.15. The topological polar surface area (TPSA) is 105 Å². The Balaban J connectivity index is 1.92. The number of amides is 2. The Bertz CT molecular complexity index is 1420. The third-order valence-corrected chi connectivity index (χ3v) is 7.29. The van der Waals surface area contributed by atoms with Gasteiger partial charge >= 0.3 is 0 Å². The first kappa shape index (κ1) is 31.5. The van der Waals surface area contributed by atoms with E-state index >= 15 is 0 Å². The van der Waals surface area contributed by atoms with Crippen molar-refractivity contribution in [1.82, 2.24) is 10.2 Å². The van der Waals surface area contributed by atoms with E-state index in [-0.39, 0.29) is 12.5 Å². The van der Waals surface area contributed by atoms with Crippen LogP contribution in [0, 0.1) is 0 Å². The van der Waals surface area contributed by atoms with Crippen LogP contribution in [0.15, 0.2) is 78.9 Å². The standard InChI is InChI=1S/C31H39N3O6S/c1-7-28(30(36)32-31(2,3)4)33(21-23-12-11-15-27(20-23)39-5)29(35)22-34(41(6,37)38)24-16-18-26(19-17-24)40-25-13-9-8-10-14-25/h8-20,28H,7,21-22H2,1-6H3,(H,32,36). The van der Waals surface area contributed by atoms with Crippen molar-refractivity contribution < 1.29 is 27.5 Å². The van der Waals surface area contributed by atoms with E-state index in [0.717, 1.165) is 16.1 Å². The van der Waals surface area contributed by atoms with E-state index in [4.69, 9.17) is 9.47 Å². The van der Waals surface area contributed by atoms with Crippen LogP contribution in [0.1, 0.15) is 39.7 Å². The Morgan fingerprint density at radius 1 is 0.902 bits per heavy atom. The summed E-state index contributed by atoms with van der Waals surface area (Å²) in [6, 6.07) is 22.0. The van der Waals surface area contributed by atoms with Crippen LogP contribution in [0.4, 0.5) is 5.69 Å². The van der Waals surface area contributed by atoms with E-state index in [1.807, 2.05) is 64.1 Å². The molecule has 3 rings (SSSR count). The number of carbonyl (C=O) groups is 2. The lowest BCUT2D eigenvalue weighted by atomic mass is 10.1. The second-order valence-corrected chi connectivity index (χ2v) is 12.6. The summed E-state index contributed by atoms with van der Waals surface area (Å²) in [4.78, 5) is 28.6. The van der Waals surface area contributed by atoms with Crippen molar-refractivity contribution in [3.8, 4) is 17.2 Å². The molecule has 220 valence electrons. The van der Waals surface area contributed by atoms with Crippen molar-refractivity contribution in [3.05, 3.63) is 84.4 Å². The lowest BCUT2D eigenvalue weighted by Gasteiger charge is -2.34. The highest BCUT2D eigenvalue weighted by molar-refractivity contribution is 7.92. The predicted octanol–water partition coefficient (Wildman–Crippen LogP) is 4.98. The van der Waals surface area contributed by atoms with Crippen LogP contribution in [0.2, 0.25) is 0 Å². The zero-order valence-corrected chi connectivity index (χ0v) is 25.3. The minimum absolute atomic E-state index is 0.0908. The number of ether oxygens (including phenoxy) is 2. The maximum atomic E-state index is 13.9. The molecule has 0 aromatic heterocycles. The first-order valence-corrected chi connectivity index (χ1v) is 15.2. The van der Waals surface area contributed by atoms with Gasteiger partial charge in [-0.25, -0.2) is 8.42 Å². The van der Waals surface area contributed by atoms with Gasteiger partial charge in [0.1, 0.15) is 29.8 Å². The average molecular weight is 582 g/mol. The van der Waals surface area contributed by atoms with Gasteiger partial charge in [0, 0.05) is 12.1 Å². The Morgan fingerprint density at radius 3 is 2.07 bits per heavy atom. The van der Waals surface area contributed by atoms with Crippen LogP contribution in [0.25, 0.3) is 0 Å². The number of hydrogen-bond acceptors (Lipinski definition) is 6. The second-order valence-electron chi connectivity index (χ2n) is 10.7. The molecule has 1 unspecified atom stereocenters. The first-order valence-electron chi connectivity index (χ1n) is 13.4. The van der Waals surface area contributed by atoms with Gasteiger partial charge in [-0.3, -0.25) is 13.9 Å². The minimum atomic E-state index is -3.86. The van der Waals surface area contributed by atoms with Gasteiger partial charge in [-0.1, -0.05) is 37.3 Å². The molecule has 2 amide bonds. The lowest BCUT2D eigenvalue weighted by Crippen LogP contribution is -2.55. The Labute approximate surface area is 243 Å². The summed E-state index contributed by atoms with van der Waals surface area (Å²) < 4.78 is 38.0. The predicted molar refractivity (Wildman–Crippen MR) is 161 cm³/mol. The quantitative estimate of drug-likeness (QED) is 0.324. The van der Waals surface area contributed by atoms with E-state index in [2.05, 4.69) is 5.32 Å². The second kappa shape index (κ2) is 13.5. The van der Waals surface area contributed by atoms with Gasteiger partial charge in [-0.2, -0.15) is 0 Å².